The molecule has 2 rings (SSSR count). The number of aliphatic hydroxyl groups excluding tert-OH is 3. The van der Waals surface area contributed by atoms with Crippen LogP contribution in [0.25, 0.3) is 6.08 Å². The largest absolute Gasteiger partial charge is 0.478 e. The number of aryl methyl sites for hydroxylation is 1. The second-order valence-electron chi connectivity index (χ2n) is 7.25. The third kappa shape index (κ3) is 5.67. The van der Waals surface area contributed by atoms with Gasteiger partial charge in [0.15, 0.2) is 0 Å². The second kappa shape index (κ2) is 10.4. The number of carbonyl (C=O) groups is 2. The van der Waals surface area contributed by atoms with E-state index < -0.39 is 54.6 Å². The summed E-state index contributed by atoms with van der Waals surface area (Å²) in [6.45, 7) is 2.43. The van der Waals surface area contributed by atoms with E-state index in [2.05, 4.69) is 5.32 Å². The second-order valence-corrected chi connectivity index (χ2v) is 7.25. The van der Waals surface area contributed by atoms with Crippen LogP contribution in [-0.2, 0) is 14.3 Å². The zero-order valence-corrected chi connectivity index (χ0v) is 16.9. The van der Waals surface area contributed by atoms with Crippen molar-refractivity contribution in [1.82, 2.24) is 5.32 Å². The molecule has 9 nitrogen and oxygen atoms in total. The molecule has 1 heterocycles. The molecule has 0 aliphatic carbocycles. The SMILES string of the molecule is CC(=O)N[C@H]1[C@H]([C@H](O)[C@H](O)CO)OC(C(=O)O)=C(C/C=C/c2ccc(C)cc2)[C@H]1N. The zero-order chi connectivity index (χ0) is 22.4. The third-order valence-corrected chi connectivity index (χ3v) is 4.90. The van der Waals surface area contributed by atoms with Crippen LogP contribution in [-0.4, -0.2) is 69.3 Å². The lowest BCUT2D eigenvalue weighted by Gasteiger charge is -2.41. The van der Waals surface area contributed by atoms with Gasteiger partial charge in [0.2, 0.25) is 11.7 Å². The number of hydrogen-bond donors (Lipinski definition) is 6. The number of allylic oxidation sites excluding steroid dienone is 1. The maximum Gasteiger partial charge on any atom is 0.371 e. The zero-order valence-electron chi connectivity index (χ0n) is 16.9. The Labute approximate surface area is 174 Å². The number of hydrogen-bond acceptors (Lipinski definition) is 7. The predicted molar refractivity (Wildman–Crippen MR) is 109 cm³/mol. The molecule has 1 amide bonds. The molecule has 0 radical (unpaired) electrons. The summed E-state index contributed by atoms with van der Waals surface area (Å²) in [5.41, 5.74) is 8.52. The summed E-state index contributed by atoms with van der Waals surface area (Å²) >= 11 is 0. The van der Waals surface area contributed by atoms with Crippen molar-refractivity contribution in [2.24, 2.45) is 5.73 Å². The molecule has 0 spiro atoms. The maximum absolute atomic E-state index is 11.8. The van der Waals surface area contributed by atoms with Crippen LogP contribution < -0.4 is 11.1 Å². The van der Waals surface area contributed by atoms with Crippen LogP contribution >= 0.6 is 0 Å². The molecular formula is C21H28N2O7. The Morgan fingerprint density at radius 3 is 2.43 bits per heavy atom. The van der Waals surface area contributed by atoms with Gasteiger partial charge in [-0.2, -0.15) is 0 Å². The highest BCUT2D eigenvalue weighted by Gasteiger charge is 2.45. The topological polar surface area (TPSA) is 162 Å². The van der Waals surface area contributed by atoms with Crippen molar-refractivity contribution in [3.8, 4) is 0 Å². The minimum atomic E-state index is -1.67. The van der Waals surface area contributed by atoms with Crippen molar-refractivity contribution >= 4 is 18.0 Å². The number of aliphatic carboxylic acids is 1. The Hall–Kier alpha value is -2.72. The summed E-state index contributed by atoms with van der Waals surface area (Å²) in [6, 6.07) is 5.72. The van der Waals surface area contributed by atoms with E-state index in [4.69, 9.17) is 15.6 Å². The summed E-state index contributed by atoms with van der Waals surface area (Å²) in [6.07, 6.45) is -0.952. The Kier molecular flexibility index (Phi) is 8.13. The van der Waals surface area contributed by atoms with Crippen LogP contribution in [0.3, 0.4) is 0 Å². The number of aliphatic hydroxyl groups is 3. The van der Waals surface area contributed by atoms with E-state index in [9.17, 15) is 24.9 Å². The number of carbonyl (C=O) groups excluding carboxylic acids is 1. The van der Waals surface area contributed by atoms with E-state index in [1.807, 2.05) is 37.3 Å². The summed E-state index contributed by atoms with van der Waals surface area (Å²) in [5.74, 6) is -2.31. The average Bonchev–Trinajstić information content (AvgIpc) is 2.70. The molecule has 30 heavy (non-hydrogen) atoms. The van der Waals surface area contributed by atoms with Gasteiger partial charge in [-0.1, -0.05) is 42.0 Å². The van der Waals surface area contributed by atoms with Gasteiger partial charge in [0.25, 0.3) is 0 Å². The first-order chi connectivity index (χ1) is 14.1. The molecule has 1 aliphatic heterocycles. The number of ether oxygens (including phenoxy) is 1. The molecule has 0 aromatic heterocycles. The summed E-state index contributed by atoms with van der Waals surface area (Å²) in [4.78, 5) is 23.4. The van der Waals surface area contributed by atoms with E-state index >= 15 is 0 Å². The lowest BCUT2D eigenvalue weighted by molar-refractivity contribution is -0.146. The molecule has 0 saturated heterocycles. The summed E-state index contributed by atoms with van der Waals surface area (Å²) < 4.78 is 5.48. The van der Waals surface area contributed by atoms with Crippen LogP contribution in [0.15, 0.2) is 41.7 Å². The molecule has 0 saturated carbocycles. The molecule has 164 valence electrons. The lowest BCUT2D eigenvalue weighted by atomic mass is 9.86. The average molecular weight is 420 g/mol. The number of carboxylic acids is 1. The highest BCUT2D eigenvalue weighted by Crippen LogP contribution is 2.29. The summed E-state index contributed by atoms with van der Waals surface area (Å²) in [5, 5.41) is 41.4. The van der Waals surface area contributed by atoms with Crippen LogP contribution in [0.4, 0.5) is 0 Å². The van der Waals surface area contributed by atoms with Crippen molar-refractivity contribution in [2.45, 2.75) is 50.7 Å². The van der Waals surface area contributed by atoms with Gasteiger partial charge in [0, 0.05) is 12.5 Å². The normalized spacial score (nSPS) is 23.7. The molecule has 0 fully saturated rings. The fourth-order valence-corrected chi connectivity index (χ4v) is 3.29. The van der Waals surface area contributed by atoms with Crippen LogP contribution in [0.5, 0.6) is 0 Å². The number of rotatable bonds is 8. The molecule has 9 heteroatoms. The van der Waals surface area contributed by atoms with Crippen molar-refractivity contribution in [3.05, 3.63) is 52.8 Å². The van der Waals surface area contributed by atoms with Gasteiger partial charge in [0.1, 0.15) is 18.3 Å². The first-order valence-electron chi connectivity index (χ1n) is 9.51. The Morgan fingerprint density at radius 1 is 1.27 bits per heavy atom. The lowest BCUT2D eigenvalue weighted by Crippen LogP contribution is -2.63. The van der Waals surface area contributed by atoms with Gasteiger partial charge >= 0.3 is 5.97 Å². The maximum atomic E-state index is 11.8. The number of benzene rings is 1. The first kappa shape index (κ1) is 23.6. The van der Waals surface area contributed by atoms with Crippen molar-refractivity contribution in [3.63, 3.8) is 0 Å². The monoisotopic (exact) mass is 420 g/mol. The minimum absolute atomic E-state index is 0.137. The minimum Gasteiger partial charge on any atom is -0.478 e. The van der Waals surface area contributed by atoms with Gasteiger partial charge in [-0.25, -0.2) is 4.79 Å². The molecule has 1 aromatic carbocycles. The van der Waals surface area contributed by atoms with E-state index in [1.54, 1.807) is 6.08 Å². The van der Waals surface area contributed by atoms with Crippen molar-refractivity contribution < 1.29 is 34.8 Å². The van der Waals surface area contributed by atoms with Crippen LogP contribution in [0.1, 0.15) is 24.5 Å². The number of nitrogens with one attached hydrogen (secondary N) is 1. The number of nitrogens with two attached hydrogens (primary N) is 1. The number of carboxylic acid groups (broad SMARTS) is 1. The van der Waals surface area contributed by atoms with E-state index in [0.717, 1.165) is 11.1 Å². The standard InChI is InChI=1S/C21H28N2O7/c1-11-6-8-13(9-7-11)4-3-5-14-16(22)17(23-12(2)25)20(18(27)15(26)10-24)30-19(14)21(28)29/h3-4,6-9,15-18,20,24,26-27H,5,10,22H2,1-2H3,(H,23,25)(H,28,29)/b4-3+/t15-,16-,17-,18-,20-/m1/s1. The van der Waals surface area contributed by atoms with E-state index in [1.165, 1.54) is 6.92 Å². The third-order valence-electron chi connectivity index (χ3n) is 4.90. The quantitative estimate of drug-likeness (QED) is 0.333. The predicted octanol–water partition coefficient (Wildman–Crippen LogP) is -0.318. The van der Waals surface area contributed by atoms with Gasteiger partial charge < -0.3 is 36.2 Å². The summed E-state index contributed by atoms with van der Waals surface area (Å²) in [7, 11) is 0. The molecule has 7 N–H and O–H groups in total. The van der Waals surface area contributed by atoms with Crippen molar-refractivity contribution in [2.75, 3.05) is 6.61 Å². The highest BCUT2D eigenvalue weighted by molar-refractivity contribution is 5.86. The van der Waals surface area contributed by atoms with Gasteiger partial charge in [-0.3, -0.25) is 4.79 Å². The van der Waals surface area contributed by atoms with E-state index in [0.29, 0.717) is 0 Å². The first-order valence-corrected chi connectivity index (χ1v) is 9.51. The van der Waals surface area contributed by atoms with Gasteiger partial charge in [-0.15, -0.1) is 0 Å². The van der Waals surface area contributed by atoms with Crippen LogP contribution in [0, 0.1) is 6.92 Å². The van der Waals surface area contributed by atoms with Gasteiger partial charge in [-0.05, 0) is 18.9 Å². The molecule has 1 aromatic rings. The highest BCUT2D eigenvalue weighted by atomic mass is 16.5. The van der Waals surface area contributed by atoms with Crippen LogP contribution in [0.2, 0.25) is 0 Å². The Morgan fingerprint density at radius 2 is 1.90 bits per heavy atom. The van der Waals surface area contributed by atoms with Gasteiger partial charge in [0.05, 0.1) is 18.7 Å². The fraction of sp³-hybridized carbons (Fsp3) is 0.429. The van der Waals surface area contributed by atoms with Crippen molar-refractivity contribution in [1.29, 1.82) is 0 Å². The van der Waals surface area contributed by atoms with E-state index in [-0.39, 0.29) is 12.0 Å². The smallest absolute Gasteiger partial charge is 0.371 e. The Balaban J connectivity index is 2.35. The number of amides is 1. The fourth-order valence-electron chi connectivity index (χ4n) is 3.29. The molecular weight excluding hydrogens is 392 g/mol. The Bertz CT molecular complexity index is 819. The molecule has 1 aliphatic rings. The molecule has 0 unspecified atom stereocenters. The molecule has 5 atom stereocenters. The molecule has 0 bridgehead atoms.